The molecule has 1 aliphatic rings. The van der Waals surface area contributed by atoms with Crippen LogP contribution >= 0.6 is 0 Å². The summed E-state index contributed by atoms with van der Waals surface area (Å²) in [6, 6.07) is 16.5. The number of benzene rings is 2. The highest BCUT2D eigenvalue weighted by atomic mass is 16.5. The molecular formula is C28H32N4O4. The monoisotopic (exact) mass is 488 g/mol. The van der Waals surface area contributed by atoms with E-state index in [4.69, 9.17) is 4.74 Å². The molecule has 0 saturated carbocycles. The van der Waals surface area contributed by atoms with Gasteiger partial charge in [-0.1, -0.05) is 57.2 Å². The molecule has 1 saturated heterocycles. The summed E-state index contributed by atoms with van der Waals surface area (Å²) in [6.45, 7) is 6.91. The second-order valence-corrected chi connectivity index (χ2v) is 10.1. The third kappa shape index (κ3) is 4.89. The van der Waals surface area contributed by atoms with Crippen LogP contribution in [0.15, 0.2) is 67.0 Å². The highest BCUT2D eigenvalue weighted by Crippen LogP contribution is 2.34. The maximum atomic E-state index is 13.9. The summed E-state index contributed by atoms with van der Waals surface area (Å²) >= 11 is 0. The van der Waals surface area contributed by atoms with Gasteiger partial charge in [-0.05, 0) is 34.7 Å². The largest absolute Gasteiger partial charge is 0.496 e. The SMILES string of the molecule is COc1cc(C(=O)N2CCN(c3ncccn3)CC2(Cc2ccccc2)C(=O)O)ccc1C(C)(C)C. The van der Waals surface area contributed by atoms with Crippen LogP contribution in [0.1, 0.15) is 42.3 Å². The molecular weight excluding hydrogens is 456 g/mol. The van der Waals surface area contributed by atoms with Crippen LogP contribution in [-0.2, 0) is 16.6 Å². The van der Waals surface area contributed by atoms with Gasteiger partial charge in [0.05, 0.1) is 13.7 Å². The quantitative estimate of drug-likeness (QED) is 0.564. The van der Waals surface area contributed by atoms with E-state index in [0.29, 0.717) is 23.8 Å². The predicted octanol–water partition coefficient (Wildman–Crippen LogP) is 3.81. The molecule has 188 valence electrons. The van der Waals surface area contributed by atoms with Crippen molar-refractivity contribution in [3.63, 3.8) is 0 Å². The van der Waals surface area contributed by atoms with Gasteiger partial charge in [0.2, 0.25) is 5.95 Å². The van der Waals surface area contributed by atoms with Gasteiger partial charge in [-0.3, -0.25) is 4.79 Å². The zero-order chi connectivity index (χ0) is 25.9. The van der Waals surface area contributed by atoms with Crippen LogP contribution < -0.4 is 9.64 Å². The van der Waals surface area contributed by atoms with Crippen molar-refractivity contribution in [2.45, 2.75) is 38.1 Å². The first-order valence-electron chi connectivity index (χ1n) is 12.0. The molecule has 1 aliphatic heterocycles. The summed E-state index contributed by atoms with van der Waals surface area (Å²) < 4.78 is 5.61. The number of ether oxygens (including phenoxy) is 1. The average Bonchev–Trinajstić information content (AvgIpc) is 2.88. The molecule has 3 aromatic rings. The Labute approximate surface area is 211 Å². The van der Waals surface area contributed by atoms with E-state index < -0.39 is 11.5 Å². The molecule has 0 radical (unpaired) electrons. The van der Waals surface area contributed by atoms with Crippen molar-refractivity contribution in [3.05, 3.63) is 83.7 Å². The topological polar surface area (TPSA) is 95.9 Å². The van der Waals surface area contributed by atoms with Gasteiger partial charge in [0, 0.05) is 37.5 Å². The lowest BCUT2D eigenvalue weighted by molar-refractivity contribution is -0.150. The molecule has 1 unspecified atom stereocenters. The number of carbonyl (C=O) groups is 2. The number of anilines is 1. The Bertz CT molecular complexity index is 1230. The van der Waals surface area contributed by atoms with Crippen LogP contribution in [0, 0.1) is 0 Å². The van der Waals surface area contributed by atoms with E-state index in [1.54, 1.807) is 37.7 Å². The fourth-order valence-corrected chi connectivity index (χ4v) is 4.78. The molecule has 8 nitrogen and oxygen atoms in total. The van der Waals surface area contributed by atoms with E-state index in [-0.39, 0.29) is 30.8 Å². The first-order chi connectivity index (χ1) is 17.2. The summed E-state index contributed by atoms with van der Waals surface area (Å²) in [5, 5.41) is 10.6. The zero-order valence-electron chi connectivity index (χ0n) is 21.1. The van der Waals surface area contributed by atoms with Gasteiger partial charge in [0.1, 0.15) is 5.75 Å². The molecule has 1 atom stereocenters. The van der Waals surface area contributed by atoms with Crippen LogP contribution in [0.25, 0.3) is 0 Å². The van der Waals surface area contributed by atoms with Gasteiger partial charge < -0.3 is 19.6 Å². The highest BCUT2D eigenvalue weighted by Gasteiger charge is 2.51. The number of piperazine rings is 1. The first-order valence-corrected chi connectivity index (χ1v) is 12.0. The molecule has 0 spiro atoms. The molecule has 1 aromatic heterocycles. The Balaban J connectivity index is 1.77. The number of carboxylic acids is 1. The number of carboxylic acid groups (broad SMARTS) is 1. The van der Waals surface area contributed by atoms with Crippen molar-refractivity contribution >= 4 is 17.8 Å². The minimum atomic E-state index is -1.52. The zero-order valence-corrected chi connectivity index (χ0v) is 21.1. The van der Waals surface area contributed by atoms with E-state index in [9.17, 15) is 14.7 Å². The number of rotatable bonds is 6. The number of hydrogen-bond donors (Lipinski definition) is 1. The summed E-state index contributed by atoms with van der Waals surface area (Å²) in [5.41, 5.74) is 0.497. The van der Waals surface area contributed by atoms with Crippen molar-refractivity contribution in [2.24, 2.45) is 0 Å². The van der Waals surface area contributed by atoms with Crippen molar-refractivity contribution in [1.82, 2.24) is 14.9 Å². The Morgan fingerprint density at radius 1 is 1.03 bits per heavy atom. The van der Waals surface area contributed by atoms with Crippen molar-refractivity contribution < 1.29 is 19.4 Å². The molecule has 2 aromatic carbocycles. The summed E-state index contributed by atoms with van der Waals surface area (Å²) in [7, 11) is 1.58. The fourth-order valence-electron chi connectivity index (χ4n) is 4.78. The van der Waals surface area contributed by atoms with Crippen molar-refractivity contribution in [1.29, 1.82) is 0 Å². The Hall–Kier alpha value is -3.94. The highest BCUT2D eigenvalue weighted by molar-refractivity contribution is 5.99. The summed E-state index contributed by atoms with van der Waals surface area (Å²) in [4.78, 5) is 38.9. The number of nitrogens with zero attached hydrogens (tertiary/aromatic N) is 4. The second-order valence-electron chi connectivity index (χ2n) is 10.1. The molecule has 0 bridgehead atoms. The maximum Gasteiger partial charge on any atom is 0.331 e. The van der Waals surface area contributed by atoms with Gasteiger partial charge in [0.15, 0.2) is 5.54 Å². The number of aromatic nitrogens is 2. The van der Waals surface area contributed by atoms with E-state index in [2.05, 4.69) is 30.7 Å². The third-order valence-corrected chi connectivity index (χ3v) is 6.64. The average molecular weight is 489 g/mol. The Morgan fingerprint density at radius 2 is 1.72 bits per heavy atom. The number of methoxy groups -OCH3 is 1. The molecule has 36 heavy (non-hydrogen) atoms. The number of amides is 1. The number of carbonyl (C=O) groups excluding carboxylic acids is 1. The smallest absolute Gasteiger partial charge is 0.331 e. The Morgan fingerprint density at radius 3 is 2.33 bits per heavy atom. The van der Waals surface area contributed by atoms with E-state index in [1.807, 2.05) is 41.3 Å². The Kier molecular flexibility index (Phi) is 6.97. The van der Waals surface area contributed by atoms with Gasteiger partial charge >= 0.3 is 5.97 Å². The molecule has 0 aliphatic carbocycles. The lowest BCUT2D eigenvalue weighted by atomic mass is 9.84. The standard InChI is InChI=1S/C28H32N4O4/c1-27(2,3)22-12-11-21(17-23(22)36-4)24(33)32-16-15-31(26-29-13-8-14-30-26)19-28(32,25(34)35)18-20-9-6-5-7-10-20/h5-14,17H,15-16,18-19H2,1-4H3,(H,34,35). The van der Waals surface area contributed by atoms with Gasteiger partial charge in [-0.25, -0.2) is 14.8 Å². The van der Waals surface area contributed by atoms with Gasteiger partial charge in [-0.2, -0.15) is 0 Å². The van der Waals surface area contributed by atoms with Crippen LogP contribution in [0.5, 0.6) is 5.75 Å². The fraction of sp³-hybridized carbons (Fsp3) is 0.357. The molecule has 1 amide bonds. The first kappa shape index (κ1) is 25.2. The second kappa shape index (κ2) is 9.97. The van der Waals surface area contributed by atoms with Crippen LogP contribution in [0.2, 0.25) is 0 Å². The van der Waals surface area contributed by atoms with Crippen molar-refractivity contribution in [3.8, 4) is 5.75 Å². The maximum absolute atomic E-state index is 13.9. The van der Waals surface area contributed by atoms with Crippen LogP contribution in [0.3, 0.4) is 0 Å². The third-order valence-electron chi connectivity index (χ3n) is 6.64. The minimum absolute atomic E-state index is 0.0597. The minimum Gasteiger partial charge on any atom is -0.496 e. The summed E-state index contributed by atoms with van der Waals surface area (Å²) in [6.07, 6.45) is 3.40. The van der Waals surface area contributed by atoms with E-state index in [0.717, 1.165) is 11.1 Å². The number of hydrogen-bond acceptors (Lipinski definition) is 6. The lowest BCUT2D eigenvalue weighted by Crippen LogP contribution is -2.69. The van der Waals surface area contributed by atoms with E-state index in [1.165, 1.54) is 4.90 Å². The van der Waals surface area contributed by atoms with E-state index >= 15 is 0 Å². The number of aliphatic carboxylic acids is 1. The summed E-state index contributed by atoms with van der Waals surface area (Å²) in [5.74, 6) is -0.368. The molecule has 1 fully saturated rings. The molecule has 8 heteroatoms. The predicted molar refractivity (Wildman–Crippen MR) is 137 cm³/mol. The molecule has 2 heterocycles. The normalized spacial score (nSPS) is 18.1. The van der Waals surface area contributed by atoms with Crippen molar-refractivity contribution in [2.75, 3.05) is 31.6 Å². The van der Waals surface area contributed by atoms with Gasteiger partial charge in [0.25, 0.3) is 5.91 Å². The molecule has 1 N–H and O–H groups in total. The lowest BCUT2D eigenvalue weighted by Gasteiger charge is -2.48. The van der Waals surface area contributed by atoms with Gasteiger partial charge in [-0.15, -0.1) is 0 Å². The molecule has 4 rings (SSSR count). The van der Waals surface area contributed by atoms with Crippen LogP contribution in [0.4, 0.5) is 5.95 Å². The van der Waals surface area contributed by atoms with Crippen LogP contribution in [-0.4, -0.2) is 64.1 Å².